The molecule has 9 aliphatic heterocycles. The molecule has 0 bridgehead atoms. The Kier molecular flexibility index (Phi) is 11.6. The Morgan fingerprint density at radius 2 is 0.630 bits per heavy atom. The second-order valence-corrected chi connectivity index (χ2v) is 40.3. The van der Waals surface area contributed by atoms with Crippen LogP contribution in [0.4, 0.5) is 62.6 Å². The highest BCUT2D eigenvalue weighted by molar-refractivity contribution is 7.98. The monoisotopic (exact) mass is 1340 g/mol. The van der Waals surface area contributed by atoms with Gasteiger partial charge in [-0.2, -0.15) is 0 Å². The van der Waals surface area contributed by atoms with E-state index in [0.717, 1.165) is 135 Å². The van der Waals surface area contributed by atoms with Crippen LogP contribution in [-0.4, -0.2) is 41.5 Å². The van der Waals surface area contributed by atoms with E-state index in [1.165, 1.54) is 64.7 Å². The Labute approximate surface area is 586 Å². The number of anilines is 11. The van der Waals surface area contributed by atoms with Gasteiger partial charge in [0.05, 0.1) is 28.0 Å². The summed E-state index contributed by atoms with van der Waals surface area (Å²) in [6, 6.07) is 93.9. The van der Waals surface area contributed by atoms with Gasteiger partial charge in [0, 0.05) is 87.5 Å². The molecule has 100 heavy (non-hydrogen) atoms. The molecular formula is C85H62B3N4O5SSi2+. The average molecular weight is 1340 g/mol. The van der Waals surface area contributed by atoms with Crippen LogP contribution in [-0.2, 0) is 10.9 Å². The zero-order valence-corrected chi connectivity index (χ0v) is 58.7. The highest BCUT2D eigenvalue weighted by atomic mass is 32.2. The van der Waals surface area contributed by atoms with Gasteiger partial charge in [0.2, 0.25) is 0 Å². The van der Waals surface area contributed by atoms with Crippen molar-refractivity contribution < 1.29 is 23.7 Å². The van der Waals surface area contributed by atoms with Gasteiger partial charge in [-0.05, 0) is 140 Å². The lowest BCUT2D eigenvalue weighted by Crippen LogP contribution is -2.63. The van der Waals surface area contributed by atoms with Crippen LogP contribution in [0.3, 0.4) is 0 Å². The van der Waals surface area contributed by atoms with Gasteiger partial charge < -0.3 is 43.7 Å². The van der Waals surface area contributed by atoms with E-state index in [2.05, 4.69) is 315 Å². The van der Waals surface area contributed by atoms with E-state index in [9.17, 15) is 0 Å². The molecule has 13 aromatic carbocycles. The second-order valence-electron chi connectivity index (χ2n) is 29.2. The van der Waals surface area contributed by atoms with Crippen LogP contribution >= 0.6 is 0 Å². The van der Waals surface area contributed by atoms with Gasteiger partial charge in [-0.3, -0.25) is 0 Å². The van der Waals surface area contributed by atoms with E-state index in [-0.39, 0.29) is 31.0 Å². The molecule has 0 saturated heterocycles. The van der Waals surface area contributed by atoms with Gasteiger partial charge in [0.25, 0.3) is 20.1 Å². The smallest absolute Gasteiger partial charge is 0.260 e. The first-order chi connectivity index (χ1) is 48.9. The second kappa shape index (κ2) is 20.3. The first-order valence-corrected chi connectivity index (χ1v) is 42.1. The summed E-state index contributed by atoms with van der Waals surface area (Å²) in [6.45, 7) is 13.8. The normalized spacial score (nSPS) is 15.9. The standard InChI is InChI=1S/C85H62B3N4O5SSi2/c1-49(2)98-77-33-17-9-25-61(77)90(62-26-10-18-34-78(62)98)50-39-60-83-72(40-50)93-67-31-15-7-23-53(67)86(83)55-45-56-69(47-59(55)89-60)95-75-43-52(92-65-29-13-21-37-81(65)100(5,6)82-38-22-14-30-66(82)92)44-76-85(75)88(56)58-46-57-70(48-71(58)97-76)96-74-42-51(41-73-84(74)87(57)54-24-8-16-32-68(54)94-73)91-63-27-11-19-35-79(63)99(3,4)80-36-20-12-28-64(80)91/h7-49,89H,1-6H3/q+1. The number of hydrogen-bond donors (Lipinski definition) is 1. The number of nitrogens with zero attached hydrogens (tertiary/aromatic N) is 3. The molecule has 474 valence electrons. The van der Waals surface area contributed by atoms with Crippen LogP contribution in [0.1, 0.15) is 13.8 Å². The number of ether oxygens (including phenoxy) is 5. The van der Waals surface area contributed by atoms with Crippen LogP contribution in [0, 0.1) is 0 Å². The number of nitrogens with one attached hydrogen (secondary N) is 1. The summed E-state index contributed by atoms with van der Waals surface area (Å²) >= 11 is 0. The van der Waals surface area contributed by atoms with E-state index >= 15 is 0 Å². The third kappa shape index (κ3) is 7.71. The van der Waals surface area contributed by atoms with E-state index in [1.807, 2.05) is 0 Å². The molecule has 9 nitrogen and oxygen atoms in total. The highest BCUT2D eigenvalue weighted by Gasteiger charge is 2.51. The fourth-order valence-electron chi connectivity index (χ4n) is 18.4. The predicted octanol–water partition coefficient (Wildman–Crippen LogP) is 13.3. The maximum absolute atomic E-state index is 7.62. The third-order valence-electron chi connectivity index (χ3n) is 22.8. The molecule has 0 aromatic heterocycles. The lowest BCUT2D eigenvalue weighted by molar-refractivity contribution is 0.452. The largest absolute Gasteiger partial charge is 0.458 e. The van der Waals surface area contributed by atoms with Crippen molar-refractivity contribution in [1.82, 2.24) is 0 Å². The summed E-state index contributed by atoms with van der Waals surface area (Å²) in [4.78, 5) is 10.0. The van der Waals surface area contributed by atoms with Crippen LogP contribution in [0.15, 0.2) is 265 Å². The fourth-order valence-corrected chi connectivity index (χ4v) is 26.9. The van der Waals surface area contributed by atoms with Gasteiger partial charge in [-0.15, -0.1) is 0 Å². The topological polar surface area (TPSA) is 67.9 Å². The Balaban J connectivity index is 0.744. The maximum atomic E-state index is 7.62. The molecule has 13 aromatic rings. The molecule has 9 heterocycles. The first kappa shape index (κ1) is 57.0. The fraction of sp³-hybridized carbons (Fsp3) is 0.0824. The van der Waals surface area contributed by atoms with Crippen molar-refractivity contribution in [1.29, 1.82) is 0 Å². The van der Waals surface area contributed by atoms with Gasteiger partial charge in [0.15, 0.2) is 9.79 Å². The van der Waals surface area contributed by atoms with Gasteiger partial charge in [0.1, 0.15) is 90.3 Å². The number of fused-ring (bicyclic) bond motifs is 18. The highest BCUT2D eigenvalue weighted by Crippen LogP contribution is 2.53. The third-order valence-corrected chi connectivity index (χ3v) is 32.4. The molecule has 0 amide bonds. The summed E-state index contributed by atoms with van der Waals surface area (Å²) in [5, 5.41) is 10.1. The Hall–Kier alpha value is -11.0. The van der Waals surface area contributed by atoms with Gasteiger partial charge in [-0.25, -0.2) is 0 Å². The van der Waals surface area contributed by atoms with Crippen LogP contribution in [0.2, 0.25) is 26.2 Å². The van der Waals surface area contributed by atoms with Crippen LogP contribution in [0.5, 0.6) is 57.5 Å². The SMILES string of the molecule is CC(C)[S+]1c2ccccc2N(c2cc3c4c(c2)Oc2ccccc2B4c2cc4c(cc2N3)Oc2cc(N3c5ccccc5[Si](C)(C)c5ccccc53)cc3c2B4c2cc4c(cc2O3)Oc2cc(N3c5ccccc5[Si](C)(C)c5ccccc53)cc3c2B4c2ccccc2O3)c2ccccc21. The molecule has 0 radical (unpaired) electrons. The number of hydrogen-bond acceptors (Lipinski definition) is 9. The zero-order valence-electron chi connectivity index (χ0n) is 55.8. The summed E-state index contributed by atoms with van der Waals surface area (Å²) < 4.78 is 37.0. The molecule has 0 atom stereocenters. The van der Waals surface area contributed by atoms with E-state index in [1.54, 1.807) is 0 Å². The molecule has 22 rings (SSSR count). The summed E-state index contributed by atoms with van der Waals surface area (Å²) in [5.41, 5.74) is 21.7. The molecule has 0 unspecified atom stereocenters. The molecular weight excluding hydrogens is 1280 g/mol. The minimum Gasteiger partial charge on any atom is -0.458 e. The van der Waals surface area contributed by atoms with Crippen LogP contribution in [0.25, 0.3) is 0 Å². The molecule has 9 aliphatic rings. The molecule has 15 heteroatoms. The average Bonchev–Trinajstić information content (AvgIpc) is 0.697. The van der Waals surface area contributed by atoms with Crippen molar-refractivity contribution >= 4 is 180 Å². The van der Waals surface area contributed by atoms with E-state index < -0.39 is 16.1 Å². The van der Waals surface area contributed by atoms with Crippen molar-refractivity contribution in [2.75, 3.05) is 20.0 Å². The van der Waals surface area contributed by atoms with Gasteiger partial charge in [-0.1, -0.05) is 172 Å². The summed E-state index contributed by atoms with van der Waals surface area (Å²) in [7, 11) is -4.34. The predicted molar refractivity (Wildman–Crippen MR) is 419 cm³/mol. The zero-order chi connectivity index (χ0) is 66.3. The Bertz CT molecular complexity index is 5720. The molecule has 0 aliphatic carbocycles. The maximum Gasteiger partial charge on any atom is 0.260 e. The minimum atomic E-state index is -2.14. The van der Waals surface area contributed by atoms with Crippen molar-refractivity contribution in [3.8, 4) is 57.5 Å². The van der Waals surface area contributed by atoms with Crippen molar-refractivity contribution in [2.45, 2.75) is 55.1 Å². The molecule has 1 N–H and O–H groups in total. The molecule has 0 spiro atoms. The lowest BCUT2D eigenvalue weighted by atomic mass is 9.30. The van der Waals surface area contributed by atoms with Crippen molar-refractivity contribution in [2.24, 2.45) is 0 Å². The van der Waals surface area contributed by atoms with Crippen LogP contribution < -0.4 is 114 Å². The molecule has 0 fully saturated rings. The van der Waals surface area contributed by atoms with E-state index in [4.69, 9.17) is 23.7 Å². The first-order valence-electron chi connectivity index (χ1n) is 34.8. The quantitative estimate of drug-likeness (QED) is 0.137. The van der Waals surface area contributed by atoms with E-state index in [0.29, 0.717) is 5.25 Å². The molecule has 0 saturated carbocycles. The van der Waals surface area contributed by atoms with Gasteiger partial charge >= 0.3 is 0 Å². The summed E-state index contributed by atoms with van der Waals surface area (Å²) in [5.74, 6) is 7.82. The number of para-hydroxylation sites is 8. The number of benzene rings is 13. The minimum absolute atomic E-state index is 0.120. The Morgan fingerprint density at radius 1 is 0.300 bits per heavy atom. The van der Waals surface area contributed by atoms with Crippen molar-refractivity contribution in [3.63, 3.8) is 0 Å². The Morgan fingerprint density at radius 3 is 1.08 bits per heavy atom. The lowest BCUT2D eigenvalue weighted by Gasteiger charge is -2.42. The number of rotatable bonds is 4. The van der Waals surface area contributed by atoms with Crippen molar-refractivity contribution in [3.05, 3.63) is 255 Å². The summed E-state index contributed by atoms with van der Waals surface area (Å²) in [6.07, 6.45) is 0.